The number of rotatable bonds is 4. The molecule has 0 aromatic heterocycles. The number of sulfonamides is 1. The van der Waals surface area contributed by atoms with Crippen LogP contribution in [0.25, 0.3) is 10.8 Å². The lowest BCUT2D eigenvalue weighted by atomic mass is 10.1. The molecule has 0 spiro atoms. The molecular weight excluding hydrogens is 344 g/mol. The van der Waals surface area contributed by atoms with E-state index in [0.29, 0.717) is 0 Å². The molecule has 7 nitrogen and oxygen atoms in total. The summed E-state index contributed by atoms with van der Waals surface area (Å²) in [6.45, 7) is 0.297. The molecule has 0 aliphatic carbocycles. The number of amides is 1. The highest BCUT2D eigenvalue weighted by molar-refractivity contribution is 7.89. The van der Waals surface area contributed by atoms with Crippen LogP contribution in [-0.4, -0.2) is 50.8 Å². The molecule has 3 rings (SSSR count). The molecular formula is C17H18N2O5S. The first-order chi connectivity index (χ1) is 11.9. The number of carbonyl (C=O) groups excluding carboxylic acids is 2. The molecule has 1 fully saturated rings. The van der Waals surface area contributed by atoms with Gasteiger partial charge < -0.3 is 10.1 Å². The average molecular weight is 362 g/mol. The van der Waals surface area contributed by atoms with Crippen LogP contribution in [0.5, 0.6) is 0 Å². The smallest absolute Gasteiger partial charge is 0.307 e. The van der Waals surface area contributed by atoms with Crippen LogP contribution in [0.4, 0.5) is 0 Å². The first-order valence-electron chi connectivity index (χ1n) is 7.78. The summed E-state index contributed by atoms with van der Waals surface area (Å²) in [6.07, 6.45) is -0.324. The number of nitrogens with zero attached hydrogens (tertiary/aromatic N) is 1. The second-order valence-corrected chi connectivity index (χ2v) is 7.60. The number of piperazine rings is 1. The number of fused-ring (bicyclic) bond motifs is 1. The van der Waals surface area contributed by atoms with Crippen molar-refractivity contribution >= 4 is 32.7 Å². The average Bonchev–Trinajstić information content (AvgIpc) is 2.62. The van der Waals surface area contributed by atoms with E-state index in [2.05, 4.69) is 10.1 Å². The summed E-state index contributed by atoms with van der Waals surface area (Å²) in [4.78, 5) is 23.8. The van der Waals surface area contributed by atoms with Gasteiger partial charge in [-0.15, -0.1) is 0 Å². The highest BCUT2D eigenvalue weighted by Gasteiger charge is 2.39. The van der Waals surface area contributed by atoms with E-state index < -0.39 is 27.9 Å². The lowest BCUT2D eigenvalue weighted by Crippen LogP contribution is -2.57. The first-order valence-corrected chi connectivity index (χ1v) is 9.22. The lowest BCUT2D eigenvalue weighted by molar-refractivity contribution is -0.144. The van der Waals surface area contributed by atoms with Gasteiger partial charge >= 0.3 is 5.97 Å². The van der Waals surface area contributed by atoms with Crippen LogP contribution in [0.1, 0.15) is 6.42 Å². The van der Waals surface area contributed by atoms with Gasteiger partial charge in [0.15, 0.2) is 0 Å². The number of benzene rings is 2. The third kappa shape index (κ3) is 3.35. The normalized spacial score (nSPS) is 18.8. The Kier molecular flexibility index (Phi) is 4.73. The highest BCUT2D eigenvalue weighted by atomic mass is 32.2. The van der Waals surface area contributed by atoms with Crippen LogP contribution in [-0.2, 0) is 24.3 Å². The van der Waals surface area contributed by atoms with Crippen molar-refractivity contribution < 1.29 is 22.7 Å². The van der Waals surface area contributed by atoms with Crippen LogP contribution >= 0.6 is 0 Å². The van der Waals surface area contributed by atoms with E-state index in [1.54, 1.807) is 12.1 Å². The summed E-state index contributed by atoms with van der Waals surface area (Å²) in [5.41, 5.74) is 0. The highest BCUT2D eigenvalue weighted by Crippen LogP contribution is 2.25. The summed E-state index contributed by atoms with van der Waals surface area (Å²) in [6, 6.07) is 11.1. The van der Waals surface area contributed by atoms with Crippen LogP contribution in [0.15, 0.2) is 47.4 Å². The maximum atomic E-state index is 13.1. The van der Waals surface area contributed by atoms with Crippen LogP contribution < -0.4 is 5.32 Å². The summed E-state index contributed by atoms with van der Waals surface area (Å²) >= 11 is 0. The first kappa shape index (κ1) is 17.4. The zero-order chi connectivity index (χ0) is 18.0. The van der Waals surface area contributed by atoms with Gasteiger partial charge in [-0.05, 0) is 22.9 Å². The van der Waals surface area contributed by atoms with Gasteiger partial charge in [-0.25, -0.2) is 8.42 Å². The minimum absolute atomic E-state index is 0.0933. The van der Waals surface area contributed by atoms with Crippen molar-refractivity contribution in [2.75, 3.05) is 20.2 Å². The number of esters is 1. The molecule has 2 aromatic carbocycles. The molecule has 1 heterocycles. The second-order valence-electron chi connectivity index (χ2n) is 5.71. The Morgan fingerprint density at radius 1 is 1.24 bits per heavy atom. The zero-order valence-electron chi connectivity index (χ0n) is 13.6. The molecule has 2 aromatic rings. The van der Waals surface area contributed by atoms with Crippen molar-refractivity contribution in [2.45, 2.75) is 17.4 Å². The van der Waals surface area contributed by atoms with Crippen molar-refractivity contribution in [3.63, 3.8) is 0 Å². The minimum atomic E-state index is -3.92. The molecule has 0 unspecified atom stereocenters. The molecule has 1 atom stereocenters. The van der Waals surface area contributed by atoms with Gasteiger partial charge in [0.25, 0.3) is 0 Å². The summed E-state index contributed by atoms with van der Waals surface area (Å²) in [5.74, 6) is -1.14. The molecule has 0 saturated carbocycles. The van der Waals surface area contributed by atoms with E-state index in [9.17, 15) is 18.0 Å². The fourth-order valence-electron chi connectivity index (χ4n) is 2.88. The van der Waals surface area contributed by atoms with Gasteiger partial charge in [-0.3, -0.25) is 9.59 Å². The largest absolute Gasteiger partial charge is 0.469 e. The molecule has 1 N–H and O–H groups in total. The zero-order valence-corrected chi connectivity index (χ0v) is 14.5. The number of ether oxygens (including phenoxy) is 1. The third-order valence-corrected chi connectivity index (χ3v) is 6.10. The number of methoxy groups -OCH3 is 1. The van der Waals surface area contributed by atoms with E-state index >= 15 is 0 Å². The Morgan fingerprint density at radius 3 is 2.68 bits per heavy atom. The topological polar surface area (TPSA) is 92.8 Å². The molecule has 1 amide bonds. The summed E-state index contributed by atoms with van der Waals surface area (Å²) in [5, 5.41) is 4.30. The Morgan fingerprint density at radius 2 is 1.96 bits per heavy atom. The third-order valence-electron chi connectivity index (χ3n) is 4.20. The number of hydrogen-bond donors (Lipinski definition) is 1. The monoisotopic (exact) mass is 362 g/mol. The molecule has 25 heavy (non-hydrogen) atoms. The fraction of sp³-hybridized carbons (Fsp3) is 0.294. The van der Waals surface area contributed by atoms with Crippen molar-refractivity contribution in [2.24, 2.45) is 0 Å². The Balaban J connectivity index is 2.00. The van der Waals surface area contributed by atoms with E-state index in [-0.39, 0.29) is 24.4 Å². The van der Waals surface area contributed by atoms with Gasteiger partial charge in [0.05, 0.1) is 18.4 Å². The van der Waals surface area contributed by atoms with Gasteiger partial charge in [-0.2, -0.15) is 4.31 Å². The number of carbonyl (C=O) groups is 2. The van der Waals surface area contributed by atoms with Gasteiger partial charge in [0.1, 0.15) is 6.04 Å². The van der Waals surface area contributed by atoms with Crippen molar-refractivity contribution in [1.29, 1.82) is 0 Å². The van der Waals surface area contributed by atoms with Crippen molar-refractivity contribution in [1.82, 2.24) is 9.62 Å². The molecule has 8 heteroatoms. The van der Waals surface area contributed by atoms with E-state index in [1.807, 2.05) is 24.3 Å². The predicted molar refractivity (Wildman–Crippen MR) is 91.3 cm³/mol. The predicted octanol–water partition coefficient (Wildman–Crippen LogP) is 0.892. The SMILES string of the molecule is COC(=O)C[C@@H]1C(=O)NCCN1S(=O)(=O)c1ccc2ccccc2c1. The molecule has 0 bridgehead atoms. The maximum absolute atomic E-state index is 13.1. The van der Waals surface area contributed by atoms with E-state index in [1.165, 1.54) is 13.2 Å². The lowest BCUT2D eigenvalue weighted by Gasteiger charge is -2.33. The Bertz CT molecular complexity index is 926. The van der Waals surface area contributed by atoms with Gasteiger partial charge in [0, 0.05) is 13.1 Å². The Labute approximate surface area is 145 Å². The molecule has 0 radical (unpaired) electrons. The second kappa shape index (κ2) is 6.81. The van der Waals surface area contributed by atoms with E-state index in [4.69, 9.17) is 0 Å². The van der Waals surface area contributed by atoms with Crippen LogP contribution in [0, 0.1) is 0 Å². The molecule has 1 aliphatic heterocycles. The van der Waals surface area contributed by atoms with Crippen molar-refractivity contribution in [3.8, 4) is 0 Å². The van der Waals surface area contributed by atoms with Gasteiger partial charge in [-0.1, -0.05) is 30.3 Å². The number of hydrogen-bond acceptors (Lipinski definition) is 5. The maximum Gasteiger partial charge on any atom is 0.307 e. The van der Waals surface area contributed by atoms with Crippen LogP contribution in [0.2, 0.25) is 0 Å². The molecule has 132 valence electrons. The standard InChI is InChI=1S/C17H18N2O5S/c1-24-16(20)11-15-17(21)18-8-9-19(15)25(22,23)14-7-6-12-4-2-3-5-13(12)10-14/h2-7,10,15H,8-9,11H2,1H3,(H,18,21)/t15-/m1/s1. The van der Waals surface area contributed by atoms with Crippen molar-refractivity contribution in [3.05, 3.63) is 42.5 Å². The summed E-state index contributed by atoms with van der Waals surface area (Å²) in [7, 11) is -2.73. The van der Waals surface area contributed by atoms with Gasteiger partial charge in [0.2, 0.25) is 15.9 Å². The summed E-state index contributed by atoms with van der Waals surface area (Å²) < 4.78 is 31.8. The molecule has 1 saturated heterocycles. The Hall–Kier alpha value is -2.45. The molecule has 1 aliphatic rings. The van der Waals surface area contributed by atoms with Crippen LogP contribution in [0.3, 0.4) is 0 Å². The van der Waals surface area contributed by atoms with E-state index in [0.717, 1.165) is 15.1 Å². The number of nitrogens with one attached hydrogen (secondary N) is 1. The minimum Gasteiger partial charge on any atom is -0.469 e. The fourth-order valence-corrected chi connectivity index (χ4v) is 4.50. The quantitative estimate of drug-likeness (QED) is 0.816.